The lowest BCUT2D eigenvalue weighted by atomic mass is 9.97. The molecule has 1 aliphatic heterocycles. The summed E-state index contributed by atoms with van der Waals surface area (Å²) in [6.45, 7) is 0. The third-order valence-electron chi connectivity index (χ3n) is 2.79. The first-order valence-electron chi connectivity index (χ1n) is 4.69. The molecule has 0 aliphatic carbocycles. The number of fused-ring (bicyclic) bond motifs is 1. The number of anilines is 1. The predicted molar refractivity (Wildman–Crippen MR) is 53.0 cm³/mol. The molecule has 0 radical (unpaired) electrons. The summed E-state index contributed by atoms with van der Waals surface area (Å²) in [4.78, 5) is 12.6. The number of benzene rings is 1. The van der Waals surface area contributed by atoms with Gasteiger partial charge in [0, 0.05) is 12.7 Å². The van der Waals surface area contributed by atoms with E-state index in [4.69, 9.17) is 0 Å². The third-order valence-corrected chi connectivity index (χ3v) is 2.79. The predicted octanol–water partition coefficient (Wildman–Crippen LogP) is 1.78. The van der Waals surface area contributed by atoms with Gasteiger partial charge >= 0.3 is 0 Å². The zero-order chi connectivity index (χ0) is 10.1. The standard InChI is InChI=1S/C11H12FNO/c1-13-10(7-14)5-3-8-2-4-9(12)6-11(8)13/h2,4,6-7,10H,3,5H2,1H3. The van der Waals surface area contributed by atoms with Crippen LogP contribution in [0.5, 0.6) is 0 Å². The van der Waals surface area contributed by atoms with Crippen LogP contribution in [0.1, 0.15) is 12.0 Å². The average molecular weight is 193 g/mol. The van der Waals surface area contributed by atoms with Gasteiger partial charge in [0.05, 0.1) is 6.04 Å². The summed E-state index contributed by atoms with van der Waals surface area (Å²) in [6.07, 6.45) is 2.59. The highest BCUT2D eigenvalue weighted by molar-refractivity contribution is 5.69. The van der Waals surface area contributed by atoms with E-state index in [1.807, 2.05) is 11.9 Å². The number of hydrogen-bond donors (Lipinski definition) is 0. The van der Waals surface area contributed by atoms with E-state index < -0.39 is 0 Å². The number of likely N-dealkylation sites (N-methyl/N-ethyl adjacent to an activating group) is 1. The first kappa shape index (κ1) is 9.19. The van der Waals surface area contributed by atoms with Gasteiger partial charge in [-0.3, -0.25) is 0 Å². The Labute approximate surface area is 82.3 Å². The van der Waals surface area contributed by atoms with Crippen molar-refractivity contribution in [1.29, 1.82) is 0 Å². The molecule has 0 amide bonds. The molecule has 1 unspecified atom stereocenters. The molecule has 1 aromatic carbocycles. The summed E-state index contributed by atoms with van der Waals surface area (Å²) in [5, 5.41) is 0. The van der Waals surface area contributed by atoms with E-state index in [2.05, 4.69) is 0 Å². The van der Waals surface area contributed by atoms with Crippen molar-refractivity contribution in [3.8, 4) is 0 Å². The lowest BCUT2D eigenvalue weighted by Gasteiger charge is -2.32. The third kappa shape index (κ3) is 1.39. The molecule has 3 heteroatoms. The van der Waals surface area contributed by atoms with Gasteiger partial charge in [-0.2, -0.15) is 0 Å². The highest BCUT2D eigenvalue weighted by Gasteiger charge is 2.22. The maximum Gasteiger partial charge on any atom is 0.142 e. The molecule has 0 saturated carbocycles. The van der Waals surface area contributed by atoms with E-state index in [1.165, 1.54) is 12.1 Å². The molecule has 0 aromatic heterocycles. The van der Waals surface area contributed by atoms with Crippen LogP contribution in [-0.2, 0) is 11.2 Å². The number of rotatable bonds is 1. The van der Waals surface area contributed by atoms with Crippen molar-refractivity contribution in [3.05, 3.63) is 29.6 Å². The van der Waals surface area contributed by atoms with Crippen molar-refractivity contribution in [1.82, 2.24) is 0 Å². The number of carbonyl (C=O) groups is 1. The van der Waals surface area contributed by atoms with Crippen molar-refractivity contribution >= 4 is 12.0 Å². The number of carbonyl (C=O) groups excluding carboxylic acids is 1. The summed E-state index contributed by atoms with van der Waals surface area (Å²) in [5.74, 6) is -0.248. The van der Waals surface area contributed by atoms with Gasteiger partial charge in [-0.05, 0) is 30.5 Å². The molecule has 2 rings (SSSR count). The first-order chi connectivity index (χ1) is 6.72. The maximum atomic E-state index is 13.0. The van der Waals surface area contributed by atoms with E-state index in [1.54, 1.807) is 6.07 Å². The second-order valence-corrected chi connectivity index (χ2v) is 3.63. The SMILES string of the molecule is CN1c2cc(F)ccc2CCC1C=O. The second kappa shape index (κ2) is 3.40. The Morgan fingerprint density at radius 1 is 1.57 bits per heavy atom. The van der Waals surface area contributed by atoms with Gasteiger partial charge in [-0.1, -0.05) is 6.07 Å². The highest BCUT2D eigenvalue weighted by Crippen LogP contribution is 2.29. The van der Waals surface area contributed by atoms with Gasteiger partial charge < -0.3 is 9.69 Å². The van der Waals surface area contributed by atoms with Crippen molar-refractivity contribution < 1.29 is 9.18 Å². The van der Waals surface area contributed by atoms with E-state index in [0.717, 1.165) is 30.4 Å². The number of aryl methyl sites for hydroxylation is 1. The van der Waals surface area contributed by atoms with Gasteiger partial charge in [0.25, 0.3) is 0 Å². The van der Waals surface area contributed by atoms with Crippen molar-refractivity contribution in [3.63, 3.8) is 0 Å². The van der Waals surface area contributed by atoms with Crippen LogP contribution in [0.25, 0.3) is 0 Å². The Bertz CT molecular complexity index is 364. The van der Waals surface area contributed by atoms with Crippen molar-refractivity contribution in [2.45, 2.75) is 18.9 Å². The molecule has 14 heavy (non-hydrogen) atoms. The molecule has 1 aliphatic rings. The van der Waals surface area contributed by atoms with Crippen molar-refractivity contribution in [2.75, 3.05) is 11.9 Å². The fourth-order valence-electron chi connectivity index (χ4n) is 1.91. The van der Waals surface area contributed by atoms with E-state index in [-0.39, 0.29) is 11.9 Å². The molecule has 2 nitrogen and oxygen atoms in total. The zero-order valence-electron chi connectivity index (χ0n) is 8.03. The summed E-state index contributed by atoms with van der Waals surface area (Å²) in [5.41, 5.74) is 1.96. The maximum absolute atomic E-state index is 13.0. The smallest absolute Gasteiger partial charge is 0.142 e. The van der Waals surface area contributed by atoms with Crippen LogP contribution in [0.3, 0.4) is 0 Å². The quantitative estimate of drug-likeness (QED) is 0.633. The second-order valence-electron chi connectivity index (χ2n) is 3.63. The molecule has 1 heterocycles. The Morgan fingerprint density at radius 3 is 3.07 bits per heavy atom. The topological polar surface area (TPSA) is 20.3 Å². The molecule has 0 bridgehead atoms. The summed E-state index contributed by atoms with van der Waals surface area (Å²) >= 11 is 0. The molecule has 0 spiro atoms. The molecule has 1 atom stereocenters. The van der Waals surface area contributed by atoms with Gasteiger partial charge in [0.1, 0.15) is 12.1 Å². The molecule has 0 fully saturated rings. The highest BCUT2D eigenvalue weighted by atomic mass is 19.1. The molecular formula is C11H12FNO. The molecular weight excluding hydrogens is 181 g/mol. The van der Waals surface area contributed by atoms with Crippen LogP contribution >= 0.6 is 0 Å². The van der Waals surface area contributed by atoms with Gasteiger partial charge in [-0.25, -0.2) is 4.39 Å². The summed E-state index contributed by atoms with van der Waals surface area (Å²) in [7, 11) is 1.83. The van der Waals surface area contributed by atoms with Gasteiger partial charge in [-0.15, -0.1) is 0 Å². The number of hydrogen-bond acceptors (Lipinski definition) is 2. The van der Waals surface area contributed by atoms with Crippen LogP contribution in [0.4, 0.5) is 10.1 Å². The molecule has 0 saturated heterocycles. The minimum Gasteiger partial charge on any atom is -0.365 e. The normalized spacial score (nSPS) is 20.4. The Kier molecular flexibility index (Phi) is 2.23. The minimum atomic E-state index is -0.248. The lowest BCUT2D eigenvalue weighted by molar-refractivity contribution is -0.109. The van der Waals surface area contributed by atoms with Gasteiger partial charge in [0.15, 0.2) is 0 Å². The fourth-order valence-corrected chi connectivity index (χ4v) is 1.91. The Balaban J connectivity index is 2.42. The van der Waals surface area contributed by atoms with Gasteiger partial charge in [0.2, 0.25) is 0 Å². The molecule has 1 aromatic rings. The van der Waals surface area contributed by atoms with E-state index in [0.29, 0.717) is 0 Å². The summed E-state index contributed by atoms with van der Waals surface area (Å²) in [6, 6.07) is 4.64. The van der Waals surface area contributed by atoms with Crippen LogP contribution in [-0.4, -0.2) is 19.4 Å². The van der Waals surface area contributed by atoms with Crippen LogP contribution in [0, 0.1) is 5.82 Å². The first-order valence-corrected chi connectivity index (χ1v) is 4.69. The number of halogens is 1. The van der Waals surface area contributed by atoms with Crippen molar-refractivity contribution in [2.24, 2.45) is 0 Å². The van der Waals surface area contributed by atoms with E-state index in [9.17, 15) is 9.18 Å². The van der Waals surface area contributed by atoms with Crippen LogP contribution < -0.4 is 4.90 Å². The minimum absolute atomic E-state index is 0.107. The fraction of sp³-hybridized carbons (Fsp3) is 0.364. The summed E-state index contributed by atoms with van der Waals surface area (Å²) < 4.78 is 13.0. The lowest BCUT2D eigenvalue weighted by Crippen LogP contribution is -2.37. The average Bonchev–Trinajstić information content (AvgIpc) is 2.20. The number of aldehydes is 1. The van der Waals surface area contributed by atoms with E-state index >= 15 is 0 Å². The Morgan fingerprint density at radius 2 is 2.36 bits per heavy atom. The van der Waals surface area contributed by atoms with Crippen LogP contribution in [0.15, 0.2) is 18.2 Å². The van der Waals surface area contributed by atoms with Crippen LogP contribution in [0.2, 0.25) is 0 Å². The zero-order valence-corrected chi connectivity index (χ0v) is 8.03. The molecule has 0 N–H and O–H groups in total. The monoisotopic (exact) mass is 193 g/mol. The molecule has 74 valence electrons. The Hall–Kier alpha value is -1.38. The number of nitrogens with zero attached hydrogens (tertiary/aromatic N) is 1. The largest absolute Gasteiger partial charge is 0.365 e.